The van der Waals surface area contributed by atoms with Gasteiger partial charge in [0.25, 0.3) is 0 Å². The van der Waals surface area contributed by atoms with Crippen LogP contribution in [0.3, 0.4) is 0 Å². The van der Waals surface area contributed by atoms with Crippen LogP contribution in [0.15, 0.2) is 60.7 Å². The molecule has 1 aliphatic heterocycles. The second kappa shape index (κ2) is 17.2. The largest absolute Gasteiger partial charge is 0.395 e. The zero-order chi connectivity index (χ0) is 29.5. The normalized spacial score (nSPS) is 16.3. The molecule has 232 valence electrons. The van der Waals surface area contributed by atoms with Gasteiger partial charge in [-0.2, -0.15) is 9.97 Å². The number of anilines is 3. The third-order valence-corrected chi connectivity index (χ3v) is 8.51. The summed E-state index contributed by atoms with van der Waals surface area (Å²) in [6.07, 6.45) is 8.05. The Hall–Kier alpha value is -3.24. The molecule has 9 nitrogen and oxygen atoms in total. The first-order chi connectivity index (χ1) is 21.2. The summed E-state index contributed by atoms with van der Waals surface area (Å²) in [5, 5.41) is 23.6. The van der Waals surface area contributed by atoms with Gasteiger partial charge in [0.2, 0.25) is 5.95 Å². The summed E-state index contributed by atoms with van der Waals surface area (Å²) in [5.41, 5.74) is 3.71. The minimum absolute atomic E-state index is 0.199. The van der Waals surface area contributed by atoms with E-state index in [0.717, 1.165) is 76.5 Å². The van der Waals surface area contributed by atoms with E-state index in [0.29, 0.717) is 19.0 Å². The van der Waals surface area contributed by atoms with E-state index in [9.17, 15) is 5.11 Å². The summed E-state index contributed by atoms with van der Waals surface area (Å²) in [5.74, 6) is 2.36. The van der Waals surface area contributed by atoms with Crippen LogP contribution in [0.25, 0.3) is 0 Å². The van der Waals surface area contributed by atoms with E-state index in [1.54, 1.807) is 0 Å². The lowest BCUT2D eigenvalue weighted by Crippen LogP contribution is -2.47. The fraction of sp³-hybridized carbons (Fsp3) is 0.529. The topological polar surface area (TPSA) is 101 Å². The Balaban J connectivity index is 1.11. The number of β-amino-alcohol motifs (C(OH)–C–C–N with tert-alkyl or cyclic N) is 1. The van der Waals surface area contributed by atoms with E-state index in [1.165, 1.54) is 48.8 Å². The molecular weight excluding hydrogens is 536 g/mol. The van der Waals surface area contributed by atoms with Crippen molar-refractivity contribution in [3.05, 3.63) is 77.4 Å². The molecule has 5 rings (SSSR count). The van der Waals surface area contributed by atoms with E-state index in [1.807, 2.05) is 12.1 Å². The van der Waals surface area contributed by atoms with Crippen LogP contribution in [0.4, 0.5) is 17.6 Å². The summed E-state index contributed by atoms with van der Waals surface area (Å²) in [4.78, 5) is 14.3. The summed E-state index contributed by atoms with van der Waals surface area (Å²) in [6, 6.07) is 22.0. The first-order valence-corrected chi connectivity index (χ1v) is 16.3. The minimum atomic E-state index is 0.199. The van der Waals surface area contributed by atoms with Gasteiger partial charge in [-0.25, -0.2) is 0 Å². The molecule has 2 fully saturated rings. The number of nitrogens with zero attached hydrogens (tertiary/aromatic N) is 4. The molecule has 0 bridgehead atoms. The number of nitrogens with one attached hydrogen (secondary N) is 4. The smallest absolute Gasteiger partial charge is 0.226 e. The molecule has 2 aromatic carbocycles. The number of aromatic nitrogens is 2. The maximum Gasteiger partial charge on any atom is 0.226 e. The summed E-state index contributed by atoms with van der Waals surface area (Å²) in [7, 11) is 0. The highest BCUT2D eigenvalue weighted by Gasteiger charge is 2.19. The Morgan fingerprint density at radius 2 is 1.44 bits per heavy atom. The van der Waals surface area contributed by atoms with Gasteiger partial charge in [0.15, 0.2) is 0 Å². The van der Waals surface area contributed by atoms with Crippen molar-refractivity contribution >= 4 is 17.6 Å². The fourth-order valence-electron chi connectivity index (χ4n) is 5.91. The Bertz CT molecular complexity index is 1190. The summed E-state index contributed by atoms with van der Waals surface area (Å²) >= 11 is 0. The van der Waals surface area contributed by atoms with Crippen molar-refractivity contribution in [3.8, 4) is 0 Å². The average molecular weight is 587 g/mol. The molecule has 2 aliphatic rings. The molecule has 0 spiro atoms. The number of aliphatic hydroxyl groups is 1. The number of hydrogen-bond acceptors (Lipinski definition) is 9. The van der Waals surface area contributed by atoms with Crippen LogP contribution >= 0.6 is 0 Å². The van der Waals surface area contributed by atoms with Gasteiger partial charge >= 0.3 is 0 Å². The van der Waals surface area contributed by atoms with Gasteiger partial charge in [0.05, 0.1) is 6.61 Å². The van der Waals surface area contributed by atoms with E-state index < -0.39 is 0 Å². The quantitative estimate of drug-likeness (QED) is 0.158. The summed E-state index contributed by atoms with van der Waals surface area (Å²) in [6.45, 7) is 8.90. The molecule has 43 heavy (non-hydrogen) atoms. The van der Waals surface area contributed by atoms with Gasteiger partial charge in [-0.3, -0.25) is 4.90 Å². The Labute approximate surface area is 257 Å². The minimum Gasteiger partial charge on any atom is -0.395 e. The molecule has 0 unspecified atom stereocenters. The molecule has 0 radical (unpaired) electrons. The van der Waals surface area contributed by atoms with Gasteiger partial charge in [0.1, 0.15) is 11.6 Å². The number of aliphatic hydroxyl groups excluding tert-OH is 1. The maximum atomic E-state index is 9.30. The van der Waals surface area contributed by atoms with E-state index in [4.69, 9.17) is 9.97 Å². The van der Waals surface area contributed by atoms with Crippen molar-refractivity contribution < 1.29 is 5.11 Å². The van der Waals surface area contributed by atoms with Crippen molar-refractivity contribution in [1.82, 2.24) is 25.5 Å². The molecule has 5 N–H and O–H groups in total. The highest BCUT2D eigenvalue weighted by molar-refractivity contribution is 5.54. The van der Waals surface area contributed by atoms with Gasteiger partial charge in [-0.15, -0.1) is 0 Å². The van der Waals surface area contributed by atoms with Crippen LogP contribution in [-0.2, 0) is 19.6 Å². The lowest BCUT2D eigenvalue weighted by atomic mass is 9.95. The second-order valence-corrected chi connectivity index (χ2v) is 11.8. The van der Waals surface area contributed by atoms with Gasteiger partial charge < -0.3 is 31.3 Å². The SMILES string of the molecule is OCCN1CCN(c2cc(NCc3ccccc3)nc(NCc3ccc(CNCCCNC4CCCCC4)cc3)n2)CC1. The van der Waals surface area contributed by atoms with E-state index >= 15 is 0 Å². The van der Waals surface area contributed by atoms with Crippen molar-refractivity contribution in [3.63, 3.8) is 0 Å². The van der Waals surface area contributed by atoms with Crippen LogP contribution in [0.1, 0.15) is 55.2 Å². The fourth-order valence-corrected chi connectivity index (χ4v) is 5.91. The van der Waals surface area contributed by atoms with Crippen molar-refractivity contribution in [1.29, 1.82) is 0 Å². The van der Waals surface area contributed by atoms with Crippen LogP contribution in [0.2, 0.25) is 0 Å². The van der Waals surface area contributed by atoms with Crippen LogP contribution in [-0.4, -0.2) is 78.4 Å². The molecule has 1 aromatic heterocycles. The second-order valence-electron chi connectivity index (χ2n) is 11.8. The van der Waals surface area contributed by atoms with Gasteiger partial charge in [-0.05, 0) is 49.0 Å². The van der Waals surface area contributed by atoms with Crippen LogP contribution in [0, 0.1) is 0 Å². The summed E-state index contributed by atoms with van der Waals surface area (Å²) < 4.78 is 0. The van der Waals surface area contributed by atoms with E-state index in [2.05, 4.69) is 79.6 Å². The molecular formula is C34H50N8O. The van der Waals surface area contributed by atoms with Crippen LogP contribution in [0.5, 0.6) is 0 Å². The molecule has 3 aromatic rings. The predicted molar refractivity (Wildman–Crippen MR) is 177 cm³/mol. The molecule has 2 heterocycles. The predicted octanol–water partition coefficient (Wildman–Crippen LogP) is 4.22. The number of piperazine rings is 1. The first kappa shape index (κ1) is 31.2. The zero-order valence-electron chi connectivity index (χ0n) is 25.6. The third kappa shape index (κ3) is 10.5. The lowest BCUT2D eigenvalue weighted by molar-refractivity contribution is 0.188. The van der Waals surface area contributed by atoms with Crippen molar-refractivity contribution in [2.24, 2.45) is 0 Å². The van der Waals surface area contributed by atoms with Crippen molar-refractivity contribution in [2.45, 2.75) is 64.2 Å². The average Bonchev–Trinajstić information content (AvgIpc) is 3.06. The molecule has 1 saturated heterocycles. The highest BCUT2D eigenvalue weighted by Crippen LogP contribution is 2.21. The zero-order valence-corrected chi connectivity index (χ0v) is 25.6. The Morgan fingerprint density at radius 3 is 2.19 bits per heavy atom. The van der Waals surface area contributed by atoms with Gasteiger partial charge in [0, 0.05) is 64.5 Å². The van der Waals surface area contributed by atoms with Crippen molar-refractivity contribution in [2.75, 3.05) is 68.0 Å². The van der Waals surface area contributed by atoms with Crippen LogP contribution < -0.4 is 26.2 Å². The maximum absolute atomic E-state index is 9.30. The Morgan fingerprint density at radius 1 is 0.744 bits per heavy atom. The number of rotatable bonds is 16. The number of benzene rings is 2. The molecule has 0 amide bonds. The molecule has 1 aliphatic carbocycles. The lowest BCUT2D eigenvalue weighted by Gasteiger charge is -2.35. The molecule has 1 saturated carbocycles. The molecule has 9 heteroatoms. The first-order valence-electron chi connectivity index (χ1n) is 16.3. The standard InChI is InChI=1S/C34H50N8O/c43-23-22-41-18-20-42(21-19-41)33-24-32(37-26-28-8-3-1-4-9-28)39-34(40-33)38-27-30-14-12-29(13-15-30)25-35-16-7-17-36-31-10-5-2-6-11-31/h1,3-4,8-9,12-15,24,31,35-36,43H,2,5-7,10-11,16-23,25-27H2,(H2,37,38,39,40). The molecule has 0 atom stereocenters. The third-order valence-electron chi connectivity index (χ3n) is 8.51. The monoisotopic (exact) mass is 586 g/mol. The Kier molecular flexibility index (Phi) is 12.4. The van der Waals surface area contributed by atoms with E-state index in [-0.39, 0.29) is 6.61 Å². The number of hydrogen-bond donors (Lipinski definition) is 5. The highest BCUT2D eigenvalue weighted by atomic mass is 16.3. The van der Waals surface area contributed by atoms with Gasteiger partial charge in [-0.1, -0.05) is 73.9 Å².